The van der Waals surface area contributed by atoms with Gasteiger partial charge in [0.05, 0.1) is 24.5 Å². The van der Waals surface area contributed by atoms with Crippen molar-refractivity contribution in [1.29, 1.82) is 0 Å². The van der Waals surface area contributed by atoms with Crippen molar-refractivity contribution in [3.63, 3.8) is 0 Å². The second kappa shape index (κ2) is 10.3. The molecule has 0 unspecified atom stereocenters. The van der Waals surface area contributed by atoms with Gasteiger partial charge in [0.15, 0.2) is 17.2 Å². The van der Waals surface area contributed by atoms with Crippen molar-refractivity contribution >= 4 is 11.4 Å². The number of rotatable bonds is 10. The molecule has 182 valence electrons. The van der Waals surface area contributed by atoms with Crippen molar-refractivity contribution in [3.8, 4) is 5.75 Å². The second-order valence-corrected chi connectivity index (χ2v) is 8.68. The number of benzene rings is 2. The standard InChI is InChI=1S/C27H26F2N2O4/c1-18-25(23(34)14-27(16-32,17-33)13-19-7-3-2-4-8-19)31-12-6-11-24(26(31)30-18)35-15-20-21(28)9-5-10-22(20)29/h2-12,32-33H,13-17H2,1H3. The number of pyridine rings is 1. The lowest BCUT2D eigenvalue weighted by Gasteiger charge is -2.29. The molecule has 0 spiro atoms. The maximum atomic E-state index is 14.0. The van der Waals surface area contributed by atoms with E-state index in [1.807, 2.05) is 30.3 Å². The van der Waals surface area contributed by atoms with Gasteiger partial charge in [0.2, 0.25) is 0 Å². The number of nitrogens with zero attached hydrogens (tertiary/aromatic N) is 2. The molecule has 2 N–H and O–H groups in total. The lowest BCUT2D eigenvalue weighted by atomic mass is 9.78. The molecule has 0 atom stereocenters. The summed E-state index contributed by atoms with van der Waals surface area (Å²) >= 11 is 0. The molecule has 4 rings (SSSR count). The van der Waals surface area contributed by atoms with Crippen molar-refractivity contribution in [1.82, 2.24) is 9.38 Å². The van der Waals surface area contributed by atoms with Gasteiger partial charge in [0, 0.05) is 18.0 Å². The van der Waals surface area contributed by atoms with E-state index in [9.17, 15) is 23.8 Å². The van der Waals surface area contributed by atoms with Crippen molar-refractivity contribution in [3.05, 3.63) is 101 Å². The Bertz CT molecular complexity index is 1310. The van der Waals surface area contributed by atoms with Gasteiger partial charge in [-0.1, -0.05) is 36.4 Å². The number of hydrogen-bond donors (Lipinski definition) is 2. The monoisotopic (exact) mass is 480 g/mol. The minimum Gasteiger partial charge on any atom is -0.485 e. The number of aryl methyl sites for hydroxylation is 1. The summed E-state index contributed by atoms with van der Waals surface area (Å²) < 4.78 is 35.2. The quantitative estimate of drug-likeness (QED) is 0.331. The first kappa shape index (κ1) is 24.5. The first-order chi connectivity index (χ1) is 16.9. The molecule has 4 aromatic rings. The molecule has 0 bridgehead atoms. The second-order valence-electron chi connectivity index (χ2n) is 8.68. The number of halogens is 2. The highest BCUT2D eigenvalue weighted by Gasteiger charge is 2.34. The van der Waals surface area contributed by atoms with Crippen LogP contribution in [0.5, 0.6) is 5.75 Å². The number of aliphatic hydroxyl groups excluding tert-OH is 2. The molecule has 35 heavy (non-hydrogen) atoms. The van der Waals surface area contributed by atoms with Crippen LogP contribution < -0.4 is 4.74 Å². The Balaban J connectivity index is 1.62. The molecule has 2 aromatic carbocycles. The maximum Gasteiger partial charge on any atom is 0.182 e. The van der Waals surface area contributed by atoms with E-state index in [-0.39, 0.29) is 43.3 Å². The lowest BCUT2D eigenvalue weighted by Crippen LogP contribution is -2.35. The molecule has 0 saturated carbocycles. The van der Waals surface area contributed by atoms with E-state index >= 15 is 0 Å². The van der Waals surface area contributed by atoms with Gasteiger partial charge in [-0.05, 0) is 43.2 Å². The van der Waals surface area contributed by atoms with Crippen LogP contribution in [0.3, 0.4) is 0 Å². The molecule has 2 aromatic heterocycles. The highest BCUT2D eigenvalue weighted by atomic mass is 19.1. The van der Waals surface area contributed by atoms with E-state index in [0.717, 1.165) is 17.7 Å². The largest absolute Gasteiger partial charge is 0.485 e. The highest BCUT2D eigenvalue weighted by Crippen LogP contribution is 2.31. The van der Waals surface area contributed by atoms with E-state index in [1.54, 1.807) is 29.7 Å². The predicted octanol–water partition coefficient (Wildman–Crippen LogP) is 4.29. The molecule has 0 saturated heterocycles. The fraction of sp³-hybridized carbons (Fsp3) is 0.259. The maximum absolute atomic E-state index is 14.0. The Morgan fingerprint density at radius 3 is 2.34 bits per heavy atom. The zero-order valence-electron chi connectivity index (χ0n) is 19.2. The first-order valence-corrected chi connectivity index (χ1v) is 11.2. The van der Waals surface area contributed by atoms with Crippen LogP contribution >= 0.6 is 0 Å². The molecular formula is C27H26F2N2O4. The number of aromatic nitrogens is 2. The van der Waals surface area contributed by atoms with Gasteiger partial charge in [-0.25, -0.2) is 13.8 Å². The summed E-state index contributed by atoms with van der Waals surface area (Å²) in [4.78, 5) is 17.9. The number of hydrogen-bond acceptors (Lipinski definition) is 5. The highest BCUT2D eigenvalue weighted by molar-refractivity contribution is 5.97. The van der Waals surface area contributed by atoms with Crippen molar-refractivity contribution in [2.45, 2.75) is 26.4 Å². The third-order valence-corrected chi connectivity index (χ3v) is 6.11. The summed E-state index contributed by atoms with van der Waals surface area (Å²) in [7, 11) is 0. The molecule has 2 heterocycles. The molecule has 0 aliphatic carbocycles. The SMILES string of the molecule is Cc1nc2c(OCc3c(F)cccc3F)cccn2c1C(=O)CC(CO)(CO)Cc1ccccc1. The zero-order chi connectivity index (χ0) is 25.0. The Kier molecular flexibility index (Phi) is 7.23. The number of fused-ring (bicyclic) bond motifs is 1. The van der Waals surface area contributed by atoms with Gasteiger partial charge in [0.25, 0.3) is 0 Å². The van der Waals surface area contributed by atoms with Gasteiger partial charge in [-0.15, -0.1) is 0 Å². The summed E-state index contributed by atoms with van der Waals surface area (Å²) in [5.74, 6) is -1.46. The third kappa shape index (κ3) is 5.08. The molecule has 0 radical (unpaired) electrons. The van der Waals surface area contributed by atoms with Crippen molar-refractivity contribution < 1.29 is 28.5 Å². The van der Waals surface area contributed by atoms with E-state index in [1.165, 1.54) is 6.07 Å². The van der Waals surface area contributed by atoms with Crippen molar-refractivity contribution in [2.24, 2.45) is 5.41 Å². The van der Waals surface area contributed by atoms with E-state index in [2.05, 4.69) is 4.98 Å². The minimum atomic E-state index is -1.05. The van der Waals surface area contributed by atoms with Gasteiger partial charge in [-0.3, -0.25) is 9.20 Å². The Morgan fingerprint density at radius 1 is 1.00 bits per heavy atom. The zero-order valence-corrected chi connectivity index (χ0v) is 19.2. The van der Waals surface area contributed by atoms with Crippen LogP contribution in [0.1, 0.15) is 33.7 Å². The molecular weight excluding hydrogens is 454 g/mol. The van der Waals surface area contributed by atoms with Crippen LogP contribution in [-0.2, 0) is 13.0 Å². The number of Topliss-reactive ketones (excluding diaryl/α,β-unsaturated/α-hetero) is 1. The van der Waals surface area contributed by atoms with Crippen LogP contribution in [0.25, 0.3) is 5.65 Å². The average Bonchev–Trinajstić information content (AvgIpc) is 3.20. The van der Waals surface area contributed by atoms with Crippen LogP contribution in [0.15, 0.2) is 66.9 Å². The van der Waals surface area contributed by atoms with E-state index < -0.39 is 17.0 Å². The summed E-state index contributed by atoms with van der Waals surface area (Å²) in [6, 6.07) is 16.2. The molecule has 0 aliphatic heterocycles. The average molecular weight is 481 g/mol. The molecule has 8 heteroatoms. The Morgan fingerprint density at radius 2 is 1.69 bits per heavy atom. The minimum absolute atomic E-state index is 0.102. The smallest absolute Gasteiger partial charge is 0.182 e. The fourth-order valence-electron chi connectivity index (χ4n) is 4.21. The molecule has 0 amide bonds. The Hall–Kier alpha value is -3.62. The van der Waals surface area contributed by atoms with E-state index in [0.29, 0.717) is 23.5 Å². The number of aliphatic hydroxyl groups is 2. The number of ketones is 1. The van der Waals surface area contributed by atoms with E-state index in [4.69, 9.17) is 4.74 Å². The molecule has 0 fully saturated rings. The van der Waals surface area contributed by atoms with Crippen molar-refractivity contribution in [2.75, 3.05) is 13.2 Å². The van der Waals surface area contributed by atoms with Crippen LogP contribution in [-0.4, -0.2) is 38.6 Å². The number of carbonyl (C=O) groups is 1. The Labute approximate surface area is 201 Å². The molecule has 6 nitrogen and oxygen atoms in total. The molecule has 0 aliphatic rings. The number of ether oxygens (including phenoxy) is 1. The third-order valence-electron chi connectivity index (χ3n) is 6.11. The summed E-state index contributed by atoms with van der Waals surface area (Å²) in [5.41, 5.74) is 0.701. The number of carbonyl (C=O) groups excluding carboxylic acids is 1. The predicted molar refractivity (Wildman–Crippen MR) is 126 cm³/mol. The lowest BCUT2D eigenvalue weighted by molar-refractivity contribution is 0.0425. The fourth-order valence-corrected chi connectivity index (χ4v) is 4.21. The van der Waals surface area contributed by atoms with Gasteiger partial charge in [0.1, 0.15) is 23.9 Å². The first-order valence-electron chi connectivity index (χ1n) is 11.2. The summed E-state index contributed by atoms with van der Waals surface area (Å²) in [5, 5.41) is 20.2. The van der Waals surface area contributed by atoms with Crippen LogP contribution in [0.4, 0.5) is 8.78 Å². The normalized spacial score (nSPS) is 11.7. The topological polar surface area (TPSA) is 84.1 Å². The van der Waals surface area contributed by atoms with Gasteiger partial charge >= 0.3 is 0 Å². The van der Waals surface area contributed by atoms with Crippen LogP contribution in [0.2, 0.25) is 0 Å². The van der Waals surface area contributed by atoms with Crippen LogP contribution in [0, 0.1) is 24.0 Å². The number of imidazole rings is 1. The summed E-state index contributed by atoms with van der Waals surface area (Å²) in [6.07, 6.45) is 1.87. The summed E-state index contributed by atoms with van der Waals surface area (Å²) in [6.45, 7) is 0.588. The van der Waals surface area contributed by atoms with Gasteiger partial charge in [-0.2, -0.15) is 0 Å². The van der Waals surface area contributed by atoms with Gasteiger partial charge < -0.3 is 14.9 Å².